The van der Waals surface area contributed by atoms with Crippen molar-refractivity contribution >= 4 is 17.3 Å². The van der Waals surface area contributed by atoms with Crippen LogP contribution in [0, 0.1) is 12.8 Å². The molecule has 1 aromatic carbocycles. The van der Waals surface area contributed by atoms with E-state index in [1.165, 1.54) is 11.3 Å². The summed E-state index contributed by atoms with van der Waals surface area (Å²) < 4.78 is 0. The van der Waals surface area contributed by atoms with E-state index in [0.29, 0.717) is 17.5 Å². The lowest BCUT2D eigenvalue weighted by atomic mass is 9.99. The van der Waals surface area contributed by atoms with Crippen molar-refractivity contribution in [3.63, 3.8) is 0 Å². The first-order chi connectivity index (χ1) is 13.7. The Bertz CT molecular complexity index is 938. The fraction of sp³-hybridized carbons (Fsp3) is 0.435. The lowest BCUT2D eigenvalue weighted by Crippen LogP contribution is -2.40. The molecule has 2 aliphatic heterocycles. The molecule has 1 aliphatic carbocycles. The molecule has 3 aliphatic rings. The van der Waals surface area contributed by atoms with Crippen molar-refractivity contribution in [2.45, 2.75) is 44.7 Å². The molecule has 1 aromatic heterocycles. The molecule has 144 valence electrons. The molecule has 0 spiro atoms. The number of nitrogens with zero attached hydrogens (tertiary/aromatic N) is 3. The van der Waals surface area contributed by atoms with E-state index in [1.54, 1.807) is 12.4 Å². The van der Waals surface area contributed by atoms with Gasteiger partial charge in [0, 0.05) is 43.2 Å². The van der Waals surface area contributed by atoms with Gasteiger partial charge in [0.1, 0.15) is 0 Å². The Morgan fingerprint density at radius 2 is 2.11 bits per heavy atom. The van der Waals surface area contributed by atoms with Gasteiger partial charge in [0.15, 0.2) is 0 Å². The van der Waals surface area contributed by atoms with E-state index in [1.807, 2.05) is 13.0 Å². The summed E-state index contributed by atoms with van der Waals surface area (Å²) in [5, 5.41) is 3.29. The van der Waals surface area contributed by atoms with Crippen LogP contribution < -0.4 is 5.32 Å². The number of aliphatic imine (C=N–C) groups is 1. The van der Waals surface area contributed by atoms with Crippen LogP contribution in [0.5, 0.6) is 0 Å². The van der Waals surface area contributed by atoms with Gasteiger partial charge in [-0.3, -0.25) is 19.7 Å². The zero-order chi connectivity index (χ0) is 19.1. The molecule has 1 saturated heterocycles. The van der Waals surface area contributed by atoms with Gasteiger partial charge in [0.25, 0.3) is 5.91 Å². The van der Waals surface area contributed by atoms with Gasteiger partial charge in [-0.1, -0.05) is 18.2 Å². The number of fused-ring (bicyclic) bond motifs is 2. The van der Waals surface area contributed by atoms with Gasteiger partial charge in [-0.15, -0.1) is 0 Å². The van der Waals surface area contributed by atoms with Gasteiger partial charge >= 0.3 is 0 Å². The summed E-state index contributed by atoms with van der Waals surface area (Å²) in [4.78, 5) is 24.2. The first-order valence-corrected chi connectivity index (χ1v) is 10.3. The Morgan fingerprint density at radius 1 is 1.21 bits per heavy atom. The second-order valence-electron chi connectivity index (χ2n) is 8.38. The van der Waals surface area contributed by atoms with Crippen LogP contribution in [0.25, 0.3) is 0 Å². The molecule has 2 aromatic rings. The van der Waals surface area contributed by atoms with Crippen molar-refractivity contribution in [2.75, 3.05) is 13.1 Å². The van der Waals surface area contributed by atoms with E-state index in [-0.39, 0.29) is 11.9 Å². The van der Waals surface area contributed by atoms with Crippen molar-refractivity contribution < 1.29 is 4.79 Å². The zero-order valence-electron chi connectivity index (χ0n) is 16.3. The van der Waals surface area contributed by atoms with Gasteiger partial charge in [-0.2, -0.15) is 0 Å². The Balaban J connectivity index is 1.21. The normalized spacial score (nSPS) is 26.0. The second-order valence-corrected chi connectivity index (χ2v) is 8.38. The number of hydrogen-bond acceptors (Lipinski definition) is 4. The molecule has 2 fully saturated rings. The maximum absolute atomic E-state index is 12.6. The smallest absolute Gasteiger partial charge is 0.253 e. The highest BCUT2D eigenvalue weighted by Gasteiger charge is 2.44. The minimum absolute atomic E-state index is 0.0101. The molecule has 5 rings (SSSR count). The number of para-hydroxylation sites is 1. The van der Waals surface area contributed by atoms with Crippen molar-refractivity contribution in [3.8, 4) is 0 Å². The molecule has 3 atom stereocenters. The van der Waals surface area contributed by atoms with Crippen LogP contribution in [-0.2, 0) is 6.42 Å². The predicted octanol–water partition coefficient (Wildman–Crippen LogP) is 3.30. The Hall–Kier alpha value is -2.53. The van der Waals surface area contributed by atoms with Gasteiger partial charge in [0.05, 0.1) is 11.3 Å². The molecular formula is C23H26N4O. The van der Waals surface area contributed by atoms with E-state index in [9.17, 15) is 4.79 Å². The maximum atomic E-state index is 12.6. The van der Waals surface area contributed by atoms with Crippen LogP contribution in [0.2, 0.25) is 0 Å². The van der Waals surface area contributed by atoms with E-state index >= 15 is 0 Å². The quantitative estimate of drug-likeness (QED) is 0.893. The summed E-state index contributed by atoms with van der Waals surface area (Å²) in [6, 6.07) is 11.2. The summed E-state index contributed by atoms with van der Waals surface area (Å²) >= 11 is 0. The largest absolute Gasteiger partial charge is 0.349 e. The fourth-order valence-electron chi connectivity index (χ4n) is 5.21. The van der Waals surface area contributed by atoms with Crippen LogP contribution in [-0.4, -0.2) is 46.7 Å². The highest BCUT2D eigenvalue weighted by molar-refractivity contribution is 5.95. The lowest BCUT2D eigenvalue weighted by molar-refractivity contribution is 0.0926. The predicted molar refractivity (Wildman–Crippen MR) is 110 cm³/mol. The van der Waals surface area contributed by atoms with Crippen LogP contribution >= 0.6 is 0 Å². The van der Waals surface area contributed by atoms with Crippen LogP contribution in [0.4, 0.5) is 5.69 Å². The fourth-order valence-corrected chi connectivity index (χ4v) is 5.21. The number of rotatable bonds is 4. The number of pyridine rings is 1. The van der Waals surface area contributed by atoms with Gasteiger partial charge in [-0.25, -0.2) is 0 Å². The number of benzene rings is 1. The first-order valence-electron chi connectivity index (χ1n) is 10.3. The molecule has 5 nitrogen and oxygen atoms in total. The van der Waals surface area contributed by atoms with Crippen LogP contribution in [0.3, 0.4) is 0 Å². The van der Waals surface area contributed by atoms with Crippen molar-refractivity contribution in [3.05, 3.63) is 59.4 Å². The third-order valence-electron chi connectivity index (χ3n) is 6.51. The number of aromatic nitrogens is 1. The Kier molecular flexibility index (Phi) is 4.47. The number of likely N-dealkylation sites (tertiary alicyclic amines) is 1. The first kappa shape index (κ1) is 17.6. The van der Waals surface area contributed by atoms with Crippen molar-refractivity contribution in [2.24, 2.45) is 10.9 Å². The SMILES string of the molecule is Cc1cncc(C(=O)N[C@H]2CC[C@@H]3[C@H]2CCN3CC2=Nc3ccccc3C2)c1. The van der Waals surface area contributed by atoms with Crippen molar-refractivity contribution in [1.82, 2.24) is 15.2 Å². The minimum Gasteiger partial charge on any atom is -0.349 e. The molecule has 28 heavy (non-hydrogen) atoms. The molecular weight excluding hydrogens is 348 g/mol. The summed E-state index contributed by atoms with van der Waals surface area (Å²) in [6.07, 6.45) is 7.78. The number of carbonyl (C=O) groups excluding carboxylic acids is 1. The molecule has 5 heteroatoms. The molecule has 0 unspecified atom stereocenters. The number of amides is 1. The molecule has 1 amide bonds. The lowest BCUT2D eigenvalue weighted by Gasteiger charge is -2.24. The second kappa shape index (κ2) is 7.13. The number of carbonyl (C=O) groups is 1. The van der Waals surface area contributed by atoms with Gasteiger partial charge in [-0.05, 0) is 61.9 Å². The summed E-state index contributed by atoms with van der Waals surface area (Å²) in [5.41, 5.74) is 5.44. The van der Waals surface area contributed by atoms with E-state index in [2.05, 4.69) is 39.5 Å². The average molecular weight is 374 g/mol. The highest BCUT2D eigenvalue weighted by Crippen LogP contribution is 2.38. The number of aryl methyl sites for hydroxylation is 1. The molecule has 1 saturated carbocycles. The van der Waals surface area contributed by atoms with E-state index in [0.717, 1.165) is 50.0 Å². The van der Waals surface area contributed by atoms with Crippen LogP contribution in [0.15, 0.2) is 47.7 Å². The summed E-state index contributed by atoms with van der Waals surface area (Å²) in [5.74, 6) is 0.557. The Labute approximate surface area is 165 Å². The molecule has 0 radical (unpaired) electrons. The molecule has 3 heterocycles. The van der Waals surface area contributed by atoms with Crippen LogP contribution in [0.1, 0.15) is 40.7 Å². The third-order valence-corrected chi connectivity index (χ3v) is 6.51. The zero-order valence-corrected chi connectivity index (χ0v) is 16.3. The monoisotopic (exact) mass is 374 g/mol. The minimum atomic E-state index is 0.0101. The van der Waals surface area contributed by atoms with E-state index < -0.39 is 0 Å². The number of nitrogens with one attached hydrogen (secondary N) is 1. The standard InChI is InChI=1S/C23H26N4O/c1-15-10-17(13-24-12-15)23(28)26-21-6-7-22-19(21)8-9-27(22)14-18-11-16-4-2-3-5-20(16)25-18/h2-5,10,12-13,19,21-22H,6-9,11,14H2,1H3,(H,26,28)/t19-,21-,22+/m0/s1. The molecule has 1 N–H and O–H groups in total. The maximum Gasteiger partial charge on any atom is 0.253 e. The summed E-state index contributed by atoms with van der Waals surface area (Å²) in [6.45, 7) is 4.02. The number of hydrogen-bond donors (Lipinski definition) is 1. The topological polar surface area (TPSA) is 57.6 Å². The van der Waals surface area contributed by atoms with Gasteiger partial charge in [0.2, 0.25) is 0 Å². The Morgan fingerprint density at radius 3 is 2.96 bits per heavy atom. The van der Waals surface area contributed by atoms with Crippen molar-refractivity contribution in [1.29, 1.82) is 0 Å². The summed E-state index contributed by atoms with van der Waals surface area (Å²) in [7, 11) is 0. The molecule has 0 bridgehead atoms. The average Bonchev–Trinajstić information content (AvgIpc) is 3.38. The van der Waals surface area contributed by atoms with E-state index in [4.69, 9.17) is 4.99 Å². The van der Waals surface area contributed by atoms with Gasteiger partial charge < -0.3 is 5.32 Å². The third kappa shape index (κ3) is 3.24. The highest BCUT2D eigenvalue weighted by atomic mass is 16.1.